The molecule has 0 aliphatic carbocycles. The lowest BCUT2D eigenvalue weighted by Gasteiger charge is -2.09. The average Bonchev–Trinajstić information content (AvgIpc) is 2.46. The van der Waals surface area contributed by atoms with Crippen molar-refractivity contribution in [3.05, 3.63) is 64.6 Å². The van der Waals surface area contributed by atoms with E-state index in [0.717, 1.165) is 9.86 Å². The van der Waals surface area contributed by atoms with Crippen molar-refractivity contribution in [1.29, 1.82) is 0 Å². The fourth-order valence-electron chi connectivity index (χ4n) is 2.15. The topological polar surface area (TPSA) is 68.0 Å². The molecule has 21 heavy (non-hydrogen) atoms. The number of nitrogens with zero attached hydrogens (tertiary/aromatic N) is 1. The molecule has 2 aromatic carbocycles. The molecule has 0 aliphatic heterocycles. The number of rotatable bonds is 2. The van der Waals surface area contributed by atoms with E-state index in [-0.39, 0.29) is 5.91 Å². The number of carbonyl (C=O) groups is 1. The molecule has 0 bridgehead atoms. The molecule has 3 N–H and O–H groups in total. The number of pyridine rings is 1. The van der Waals surface area contributed by atoms with Crippen molar-refractivity contribution in [2.75, 3.05) is 11.1 Å². The van der Waals surface area contributed by atoms with Gasteiger partial charge in [0.2, 0.25) is 0 Å². The van der Waals surface area contributed by atoms with E-state index >= 15 is 0 Å². The van der Waals surface area contributed by atoms with Crippen LogP contribution in [0.25, 0.3) is 10.9 Å². The summed E-state index contributed by atoms with van der Waals surface area (Å²) in [5.74, 6) is 0.117. The summed E-state index contributed by atoms with van der Waals surface area (Å²) in [4.78, 5) is 16.7. The van der Waals surface area contributed by atoms with E-state index in [1.165, 1.54) is 0 Å². The Morgan fingerprint density at radius 3 is 2.71 bits per heavy atom. The van der Waals surface area contributed by atoms with Gasteiger partial charge < -0.3 is 11.1 Å². The van der Waals surface area contributed by atoms with E-state index in [4.69, 9.17) is 5.73 Å². The smallest absolute Gasteiger partial charge is 0.256 e. The summed E-state index contributed by atoms with van der Waals surface area (Å²) in [6, 6.07) is 16.4. The van der Waals surface area contributed by atoms with Crippen molar-refractivity contribution >= 4 is 44.2 Å². The molecular formula is C16H12BrN3O. The van der Waals surface area contributed by atoms with Crippen LogP contribution < -0.4 is 11.1 Å². The van der Waals surface area contributed by atoms with Gasteiger partial charge in [-0.15, -0.1) is 0 Å². The minimum atomic E-state index is -0.210. The zero-order valence-corrected chi connectivity index (χ0v) is 12.6. The van der Waals surface area contributed by atoms with Gasteiger partial charge in [0.15, 0.2) is 0 Å². The molecule has 5 heteroatoms. The molecule has 3 rings (SSSR count). The number of para-hydroxylation sites is 1. The second-order valence-electron chi connectivity index (χ2n) is 4.58. The van der Waals surface area contributed by atoms with Crippen LogP contribution in [0.15, 0.2) is 59.1 Å². The lowest BCUT2D eigenvalue weighted by molar-refractivity contribution is 0.102. The van der Waals surface area contributed by atoms with E-state index in [1.54, 1.807) is 6.07 Å². The largest absolute Gasteiger partial charge is 0.384 e. The zero-order chi connectivity index (χ0) is 14.8. The van der Waals surface area contributed by atoms with Crippen molar-refractivity contribution in [3.8, 4) is 0 Å². The Balaban J connectivity index is 2.02. The number of nitrogens with one attached hydrogen (secondary N) is 1. The van der Waals surface area contributed by atoms with Crippen molar-refractivity contribution < 1.29 is 4.79 Å². The third-order valence-corrected chi connectivity index (χ3v) is 3.56. The molecule has 0 saturated carbocycles. The maximum atomic E-state index is 12.5. The lowest BCUT2D eigenvalue weighted by Crippen LogP contribution is -2.13. The fraction of sp³-hybridized carbons (Fsp3) is 0. The van der Waals surface area contributed by atoms with Crippen LogP contribution >= 0.6 is 15.9 Å². The van der Waals surface area contributed by atoms with E-state index in [9.17, 15) is 4.79 Å². The van der Waals surface area contributed by atoms with Gasteiger partial charge in [0, 0.05) is 15.5 Å². The number of anilines is 2. The van der Waals surface area contributed by atoms with E-state index < -0.39 is 0 Å². The first kappa shape index (κ1) is 13.6. The van der Waals surface area contributed by atoms with Gasteiger partial charge in [-0.3, -0.25) is 4.79 Å². The predicted octanol–water partition coefficient (Wildman–Crippen LogP) is 3.83. The van der Waals surface area contributed by atoms with Crippen LogP contribution in [0.4, 0.5) is 11.5 Å². The highest BCUT2D eigenvalue weighted by molar-refractivity contribution is 9.10. The highest BCUT2D eigenvalue weighted by Gasteiger charge is 2.12. The van der Waals surface area contributed by atoms with Crippen molar-refractivity contribution in [2.24, 2.45) is 0 Å². The third kappa shape index (κ3) is 2.87. The summed E-state index contributed by atoms with van der Waals surface area (Å²) in [5.41, 5.74) is 7.72. The van der Waals surface area contributed by atoms with Crippen LogP contribution in [0.1, 0.15) is 10.4 Å². The molecule has 0 aliphatic rings. The average molecular weight is 342 g/mol. The summed E-state index contributed by atoms with van der Waals surface area (Å²) in [7, 11) is 0. The zero-order valence-electron chi connectivity index (χ0n) is 11.0. The molecular weight excluding hydrogens is 330 g/mol. The van der Waals surface area contributed by atoms with Gasteiger partial charge in [0.05, 0.1) is 11.1 Å². The van der Waals surface area contributed by atoms with Gasteiger partial charge in [0.25, 0.3) is 5.91 Å². The fourth-order valence-corrected chi connectivity index (χ4v) is 2.55. The van der Waals surface area contributed by atoms with Gasteiger partial charge in [-0.25, -0.2) is 4.98 Å². The molecule has 0 unspecified atom stereocenters. The van der Waals surface area contributed by atoms with Crippen LogP contribution in [0.5, 0.6) is 0 Å². The molecule has 4 nitrogen and oxygen atoms in total. The molecule has 0 atom stereocenters. The Labute approximate surface area is 130 Å². The summed E-state index contributed by atoms with van der Waals surface area (Å²) in [6.45, 7) is 0. The molecule has 1 heterocycles. The number of nitrogen functional groups attached to an aromatic ring is 1. The highest BCUT2D eigenvalue weighted by atomic mass is 79.9. The number of fused-ring (bicyclic) bond motifs is 1. The maximum absolute atomic E-state index is 12.5. The van der Waals surface area contributed by atoms with E-state index in [1.807, 2.05) is 48.5 Å². The van der Waals surface area contributed by atoms with E-state index in [2.05, 4.69) is 26.2 Å². The first-order valence-electron chi connectivity index (χ1n) is 6.36. The number of halogens is 1. The third-order valence-electron chi connectivity index (χ3n) is 3.06. The maximum Gasteiger partial charge on any atom is 0.256 e. The molecule has 1 aromatic heterocycles. The number of benzene rings is 2. The van der Waals surface area contributed by atoms with Crippen LogP contribution in [0.3, 0.4) is 0 Å². The van der Waals surface area contributed by atoms with Gasteiger partial charge in [0.1, 0.15) is 5.82 Å². The number of carbonyl (C=O) groups excluding carboxylic acids is 1. The summed E-state index contributed by atoms with van der Waals surface area (Å²) >= 11 is 3.38. The monoisotopic (exact) mass is 341 g/mol. The number of aromatic nitrogens is 1. The van der Waals surface area contributed by atoms with Gasteiger partial charge in [-0.2, -0.15) is 0 Å². The number of hydrogen-bond donors (Lipinski definition) is 2. The quantitative estimate of drug-likeness (QED) is 0.744. The molecule has 3 aromatic rings. The van der Waals surface area contributed by atoms with E-state index in [0.29, 0.717) is 22.6 Å². The van der Waals surface area contributed by atoms with Crippen LogP contribution in [0, 0.1) is 0 Å². The first-order chi connectivity index (χ1) is 10.1. The molecule has 0 saturated heterocycles. The van der Waals surface area contributed by atoms with Gasteiger partial charge in [-0.05, 0) is 30.3 Å². The van der Waals surface area contributed by atoms with Crippen LogP contribution in [-0.4, -0.2) is 10.9 Å². The highest BCUT2D eigenvalue weighted by Crippen LogP contribution is 2.22. The Bertz CT molecular complexity index is 833. The second-order valence-corrected chi connectivity index (χ2v) is 5.49. The minimum Gasteiger partial charge on any atom is -0.384 e. The van der Waals surface area contributed by atoms with Crippen LogP contribution in [-0.2, 0) is 0 Å². The second kappa shape index (κ2) is 5.54. The molecule has 1 amide bonds. The van der Waals surface area contributed by atoms with Gasteiger partial charge in [-0.1, -0.05) is 40.2 Å². The minimum absolute atomic E-state index is 0.210. The number of hydrogen-bond acceptors (Lipinski definition) is 3. The Morgan fingerprint density at radius 2 is 1.90 bits per heavy atom. The standard InChI is InChI=1S/C16H12BrN3O/c17-10-4-3-5-11(8-10)19-16(21)13-9-15(18)20-14-7-2-1-6-12(13)14/h1-9H,(H2,18,20)(H,19,21). The predicted molar refractivity (Wildman–Crippen MR) is 88.3 cm³/mol. The Hall–Kier alpha value is -2.40. The summed E-state index contributed by atoms with van der Waals surface area (Å²) in [6.07, 6.45) is 0. The number of nitrogens with two attached hydrogens (primary N) is 1. The normalized spacial score (nSPS) is 10.5. The molecule has 0 radical (unpaired) electrons. The van der Waals surface area contributed by atoms with Crippen molar-refractivity contribution in [3.63, 3.8) is 0 Å². The number of amides is 1. The Kier molecular flexibility index (Phi) is 3.58. The molecule has 0 fully saturated rings. The first-order valence-corrected chi connectivity index (χ1v) is 7.15. The summed E-state index contributed by atoms with van der Waals surface area (Å²) in [5, 5.41) is 3.64. The van der Waals surface area contributed by atoms with Crippen LogP contribution in [0.2, 0.25) is 0 Å². The molecule has 0 spiro atoms. The van der Waals surface area contributed by atoms with Crippen molar-refractivity contribution in [1.82, 2.24) is 4.98 Å². The summed E-state index contributed by atoms with van der Waals surface area (Å²) < 4.78 is 0.902. The lowest BCUT2D eigenvalue weighted by atomic mass is 10.1. The Morgan fingerprint density at radius 1 is 1.10 bits per heavy atom. The molecule has 104 valence electrons. The SMILES string of the molecule is Nc1cc(C(=O)Nc2cccc(Br)c2)c2ccccc2n1. The van der Waals surface area contributed by atoms with Gasteiger partial charge >= 0.3 is 0 Å². The van der Waals surface area contributed by atoms with Crippen molar-refractivity contribution in [2.45, 2.75) is 0 Å².